The molecule has 1 aliphatic heterocycles. The maximum absolute atomic E-state index is 13.7. The van der Waals surface area contributed by atoms with Gasteiger partial charge < -0.3 is 10.0 Å². The molecule has 19 heavy (non-hydrogen) atoms. The summed E-state index contributed by atoms with van der Waals surface area (Å²) in [7, 11) is 0. The van der Waals surface area contributed by atoms with Gasteiger partial charge in [-0.05, 0) is 38.3 Å². The van der Waals surface area contributed by atoms with Gasteiger partial charge in [0.1, 0.15) is 11.4 Å². The third-order valence-corrected chi connectivity index (χ3v) is 3.70. The zero-order chi connectivity index (χ0) is 14.0. The topological polar surface area (TPSA) is 57.6 Å². The minimum atomic E-state index is -1.25. The number of carboxylic acid groups (broad SMARTS) is 1. The fourth-order valence-electron chi connectivity index (χ4n) is 2.45. The fourth-order valence-corrected chi connectivity index (χ4v) is 2.45. The zero-order valence-corrected chi connectivity index (χ0v) is 10.7. The van der Waals surface area contributed by atoms with Crippen LogP contribution in [-0.2, 0) is 4.79 Å². The predicted molar refractivity (Wildman–Crippen MR) is 67.3 cm³/mol. The van der Waals surface area contributed by atoms with Crippen LogP contribution in [0.5, 0.6) is 0 Å². The van der Waals surface area contributed by atoms with Gasteiger partial charge in [-0.2, -0.15) is 0 Å². The third-order valence-electron chi connectivity index (χ3n) is 3.70. The molecule has 1 unspecified atom stereocenters. The Kier molecular flexibility index (Phi) is 3.55. The van der Waals surface area contributed by atoms with Gasteiger partial charge in [-0.25, -0.2) is 9.18 Å². The SMILES string of the molecule is CC1(C(=O)O)CCCCN1C(=O)c1ccccc1F. The number of amides is 1. The van der Waals surface area contributed by atoms with Gasteiger partial charge in [-0.15, -0.1) is 0 Å². The van der Waals surface area contributed by atoms with Crippen molar-refractivity contribution < 1.29 is 19.1 Å². The molecule has 1 aromatic carbocycles. The monoisotopic (exact) mass is 265 g/mol. The number of halogens is 1. The Hall–Kier alpha value is -1.91. The van der Waals surface area contributed by atoms with Gasteiger partial charge >= 0.3 is 5.97 Å². The standard InChI is InChI=1S/C14H16FNO3/c1-14(13(18)19)8-4-5-9-16(14)12(17)10-6-2-3-7-11(10)15/h2-3,6-7H,4-5,8-9H2,1H3,(H,18,19). The molecule has 1 aliphatic rings. The van der Waals surface area contributed by atoms with Gasteiger partial charge in [-0.3, -0.25) is 4.79 Å². The number of rotatable bonds is 2. The Morgan fingerprint density at radius 2 is 2.00 bits per heavy atom. The summed E-state index contributed by atoms with van der Waals surface area (Å²) < 4.78 is 13.7. The van der Waals surface area contributed by atoms with Crippen LogP contribution in [0.4, 0.5) is 4.39 Å². The number of hydrogen-bond donors (Lipinski definition) is 1. The second kappa shape index (κ2) is 4.99. The molecule has 1 heterocycles. The lowest BCUT2D eigenvalue weighted by Crippen LogP contribution is -2.57. The highest BCUT2D eigenvalue weighted by Crippen LogP contribution is 2.30. The van der Waals surface area contributed by atoms with Crippen LogP contribution in [0, 0.1) is 5.82 Å². The number of benzene rings is 1. The van der Waals surface area contributed by atoms with Crippen molar-refractivity contribution in [1.29, 1.82) is 0 Å². The van der Waals surface area contributed by atoms with E-state index in [1.165, 1.54) is 30.0 Å². The van der Waals surface area contributed by atoms with Crippen molar-refractivity contribution >= 4 is 11.9 Å². The van der Waals surface area contributed by atoms with E-state index in [0.717, 1.165) is 12.8 Å². The van der Waals surface area contributed by atoms with E-state index in [1.54, 1.807) is 6.07 Å². The van der Waals surface area contributed by atoms with Crippen LogP contribution in [0.1, 0.15) is 36.5 Å². The van der Waals surface area contributed by atoms with Gasteiger partial charge in [0.2, 0.25) is 0 Å². The summed E-state index contributed by atoms with van der Waals surface area (Å²) in [5, 5.41) is 9.35. The van der Waals surface area contributed by atoms with Crippen LogP contribution >= 0.6 is 0 Å². The van der Waals surface area contributed by atoms with E-state index in [-0.39, 0.29) is 5.56 Å². The molecule has 0 saturated carbocycles. The fraction of sp³-hybridized carbons (Fsp3) is 0.429. The lowest BCUT2D eigenvalue weighted by atomic mass is 9.88. The first kappa shape index (κ1) is 13.5. The summed E-state index contributed by atoms with van der Waals surface area (Å²) >= 11 is 0. The van der Waals surface area contributed by atoms with Crippen LogP contribution in [0.15, 0.2) is 24.3 Å². The molecule has 4 nitrogen and oxygen atoms in total. The second-order valence-electron chi connectivity index (χ2n) is 4.97. The number of carbonyl (C=O) groups excluding carboxylic acids is 1. The zero-order valence-electron chi connectivity index (χ0n) is 10.7. The van der Waals surface area contributed by atoms with Gasteiger partial charge in [0.25, 0.3) is 5.91 Å². The van der Waals surface area contributed by atoms with Gasteiger partial charge in [-0.1, -0.05) is 12.1 Å². The van der Waals surface area contributed by atoms with Crippen molar-refractivity contribution in [2.24, 2.45) is 0 Å². The Morgan fingerprint density at radius 1 is 1.32 bits per heavy atom. The summed E-state index contributed by atoms with van der Waals surface area (Å²) in [5.74, 6) is -2.22. The van der Waals surface area contributed by atoms with Crippen LogP contribution in [-0.4, -0.2) is 34.0 Å². The number of carboxylic acids is 1. The Labute approximate surface area is 110 Å². The van der Waals surface area contributed by atoms with Crippen LogP contribution < -0.4 is 0 Å². The highest BCUT2D eigenvalue weighted by Gasteiger charge is 2.44. The lowest BCUT2D eigenvalue weighted by Gasteiger charge is -2.41. The van der Waals surface area contributed by atoms with E-state index in [1.807, 2.05) is 0 Å². The number of hydrogen-bond acceptors (Lipinski definition) is 2. The average molecular weight is 265 g/mol. The number of aliphatic carboxylic acids is 1. The highest BCUT2D eigenvalue weighted by molar-refractivity contribution is 5.98. The van der Waals surface area contributed by atoms with Crippen LogP contribution in [0.3, 0.4) is 0 Å². The average Bonchev–Trinajstić information content (AvgIpc) is 2.39. The Bertz CT molecular complexity index is 517. The number of piperidine rings is 1. The molecule has 0 bridgehead atoms. The molecule has 0 spiro atoms. The summed E-state index contributed by atoms with van der Waals surface area (Å²) in [4.78, 5) is 25.1. The molecule has 1 aromatic rings. The first-order valence-electron chi connectivity index (χ1n) is 6.27. The molecule has 1 saturated heterocycles. The number of nitrogens with zero attached hydrogens (tertiary/aromatic N) is 1. The third kappa shape index (κ3) is 2.32. The van der Waals surface area contributed by atoms with Crippen molar-refractivity contribution in [3.05, 3.63) is 35.6 Å². The molecule has 1 atom stereocenters. The van der Waals surface area contributed by atoms with E-state index in [4.69, 9.17) is 0 Å². The first-order valence-corrected chi connectivity index (χ1v) is 6.27. The molecular formula is C14H16FNO3. The smallest absolute Gasteiger partial charge is 0.329 e. The van der Waals surface area contributed by atoms with Crippen molar-refractivity contribution in [2.45, 2.75) is 31.7 Å². The molecule has 1 amide bonds. The van der Waals surface area contributed by atoms with Crippen LogP contribution in [0.25, 0.3) is 0 Å². The molecule has 2 rings (SSSR count). The Morgan fingerprint density at radius 3 is 2.63 bits per heavy atom. The molecule has 0 aliphatic carbocycles. The molecule has 1 fully saturated rings. The molecule has 102 valence electrons. The minimum absolute atomic E-state index is 0.0723. The van der Waals surface area contributed by atoms with Crippen LogP contribution in [0.2, 0.25) is 0 Å². The van der Waals surface area contributed by atoms with Crippen molar-refractivity contribution in [3.8, 4) is 0 Å². The van der Waals surface area contributed by atoms with Gasteiger partial charge in [0.15, 0.2) is 0 Å². The predicted octanol–water partition coefficient (Wildman–Crippen LogP) is 2.30. The number of carbonyl (C=O) groups is 2. The second-order valence-corrected chi connectivity index (χ2v) is 4.97. The van der Waals surface area contributed by atoms with E-state index >= 15 is 0 Å². The molecule has 1 N–H and O–H groups in total. The quantitative estimate of drug-likeness (QED) is 0.892. The molecule has 0 aromatic heterocycles. The van der Waals surface area contributed by atoms with Gasteiger partial charge in [0, 0.05) is 6.54 Å². The van der Waals surface area contributed by atoms with Gasteiger partial charge in [0.05, 0.1) is 5.56 Å². The molecule has 0 radical (unpaired) electrons. The molecular weight excluding hydrogens is 249 g/mol. The summed E-state index contributed by atoms with van der Waals surface area (Å²) in [6, 6.07) is 5.65. The van der Waals surface area contributed by atoms with E-state index in [2.05, 4.69) is 0 Å². The normalized spacial score (nSPS) is 23.2. The first-order chi connectivity index (χ1) is 8.97. The van der Waals surface area contributed by atoms with E-state index in [0.29, 0.717) is 13.0 Å². The summed E-state index contributed by atoms with van der Waals surface area (Å²) in [6.45, 7) is 1.86. The largest absolute Gasteiger partial charge is 0.480 e. The van der Waals surface area contributed by atoms with Crippen molar-refractivity contribution in [1.82, 2.24) is 4.90 Å². The van der Waals surface area contributed by atoms with E-state index < -0.39 is 23.2 Å². The summed E-state index contributed by atoms with van der Waals surface area (Å²) in [5.41, 5.74) is -1.32. The van der Waals surface area contributed by atoms with E-state index in [9.17, 15) is 19.1 Å². The molecule has 5 heteroatoms. The maximum atomic E-state index is 13.7. The summed E-state index contributed by atoms with van der Waals surface area (Å²) in [6.07, 6.45) is 1.88. The van der Waals surface area contributed by atoms with Crippen molar-refractivity contribution in [2.75, 3.05) is 6.54 Å². The Balaban J connectivity index is 2.36. The maximum Gasteiger partial charge on any atom is 0.329 e. The minimum Gasteiger partial charge on any atom is -0.480 e. The highest BCUT2D eigenvalue weighted by atomic mass is 19.1. The lowest BCUT2D eigenvalue weighted by molar-refractivity contribution is -0.150. The number of likely N-dealkylation sites (tertiary alicyclic amines) is 1. The van der Waals surface area contributed by atoms with Crippen molar-refractivity contribution in [3.63, 3.8) is 0 Å².